The first kappa shape index (κ1) is 25.1. The smallest absolute Gasteiger partial charge is 0.116 e. The molecule has 0 aliphatic carbocycles. The highest BCUT2D eigenvalue weighted by Crippen LogP contribution is 2.41. The molecule has 0 saturated carbocycles. The van der Waals surface area contributed by atoms with E-state index in [4.69, 9.17) is 0 Å². The van der Waals surface area contributed by atoms with Crippen LogP contribution in [0.15, 0.2) is 0 Å². The lowest BCUT2D eigenvalue weighted by Crippen LogP contribution is -2.66. The molecule has 2 fully saturated rings. The van der Waals surface area contributed by atoms with Crippen molar-refractivity contribution in [2.24, 2.45) is 22.2 Å². The minimum Gasteiger partial charge on any atom is -0.313 e. The Kier molecular flexibility index (Phi) is 7.89. The van der Waals surface area contributed by atoms with Gasteiger partial charge in [-0.2, -0.15) is 0 Å². The predicted molar refractivity (Wildman–Crippen MR) is 124 cm³/mol. The molecule has 4 heteroatoms. The number of halogens is 1. The topological polar surface area (TPSA) is 27.3 Å². The molecule has 0 spiro atoms. The molecule has 2 aliphatic rings. The van der Waals surface area contributed by atoms with Crippen LogP contribution in [0.5, 0.6) is 0 Å². The van der Waals surface area contributed by atoms with Gasteiger partial charge in [-0.3, -0.25) is 4.90 Å². The molecule has 4 atom stereocenters. The van der Waals surface area contributed by atoms with Crippen LogP contribution in [0.1, 0.15) is 94.4 Å². The molecule has 2 heterocycles. The molecule has 172 valence electrons. The van der Waals surface area contributed by atoms with Gasteiger partial charge in [0.15, 0.2) is 0 Å². The van der Waals surface area contributed by atoms with Gasteiger partial charge in [-0.15, -0.1) is 0 Å². The summed E-state index contributed by atoms with van der Waals surface area (Å²) in [5.74, 6) is 0.653. The Balaban J connectivity index is 1.99. The van der Waals surface area contributed by atoms with Gasteiger partial charge in [0.05, 0.1) is 6.17 Å². The number of alkyl halides is 1. The van der Waals surface area contributed by atoms with E-state index in [1.54, 1.807) is 0 Å². The van der Waals surface area contributed by atoms with Gasteiger partial charge in [0.25, 0.3) is 0 Å². The fourth-order valence-electron chi connectivity index (χ4n) is 5.59. The molecular weight excluding hydrogens is 361 g/mol. The monoisotopic (exact) mass is 411 g/mol. The number of rotatable bonds is 9. The molecule has 0 aromatic rings. The minimum atomic E-state index is -1.11. The van der Waals surface area contributed by atoms with Crippen molar-refractivity contribution in [2.45, 2.75) is 112 Å². The molecule has 2 N–H and O–H groups in total. The van der Waals surface area contributed by atoms with Crippen LogP contribution in [0.2, 0.25) is 0 Å². The van der Waals surface area contributed by atoms with Crippen LogP contribution in [0, 0.1) is 22.2 Å². The SMILES string of the molecule is CCC(F)(CCNC1C(CC(C)(C)C2CCCN2)CN1CC(C)(C)C)C(C)(C)C. The Morgan fingerprint density at radius 3 is 2.21 bits per heavy atom. The van der Waals surface area contributed by atoms with E-state index in [9.17, 15) is 0 Å². The first-order valence-corrected chi connectivity index (χ1v) is 12.1. The van der Waals surface area contributed by atoms with Crippen molar-refractivity contribution in [1.82, 2.24) is 15.5 Å². The molecule has 0 aromatic carbocycles. The lowest BCUT2D eigenvalue weighted by Gasteiger charge is -2.53. The van der Waals surface area contributed by atoms with Crippen LogP contribution >= 0.6 is 0 Å². The first-order valence-electron chi connectivity index (χ1n) is 12.1. The first-order chi connectivity index (χ1) is 13.2. The zero-order valence-corrected chi connectivity index (χ0v) is 20.9. The van der Waals surface area contributed by atoms with Gasteiger partial charge >= 0.3 is 0 Å². The second-order valence-electron chi connectivity index (χ2n) is 12.8. The van der Waals surface area contributed by atoms with Crippen molar-refractivity contribution in [3.63, 3.8) is 0 Å². The van der Waals surface area contributed by atoms with Crippen LogP contribution in [0.4, 0.5) is 4.39 Å². The number of hydrogen-bond acceptors (Lipinski definition) is 3. The fraction of sp³-hybridized carbons (Fsp3) is 1.00. The number of nitrogens with one attached hydrogen (secondary N) is 2. The summed E-state index contributed by atoms with van der Waals surface area (Å²) < 4.78 is 15.5. The number of likely N-dealkylation sites (tertiary alicyclic amines) is 1. The van der Waals surface area contributed by atoms with E-state index in [1.165, 1.54) is 32.4 Å². The largest absolute Gasteiger partial charge is 0.313 e. The Morgan fingerprint density at radius 2 is 1.72 bits per heavy atom. The zero-order chi connectivity index (χ0) is 22.1. The van der Waals surface area contributed by atoms with Crippen molar-refractivity contribution in [1.29, 1.82) is 0 Å². The average Bonchev–Trinajstić information content (AvgIpc) is 3.10. The standard InChI is InChI=1S/C25H50FN3/c1-10-25(26,23(5,6)7)13-15-28-21-19(17-29(21)18-22(2,3)4)16-24(8,9)20-12-11-14-27-20/h19-21,27-28H,10-18H2,1-9H3. The molecule has 0 amide bonds. The number of hydrogen-bond donors (Lipinski definition) is 2. The Hall–Kier alpha value is -0.190. The highest BCUT2D eigenvalue weighted by Gasteiger charge is 2.45. The Morgan fingerprint density at radius 1 is 1.07 bits per heavy atom. The summed E-state index contributed by atoms with van der Waals surface area (Å²) in [6, 6.07) is 0.638. The maximum Gasteiger partial charge on any atom is 0.116 e. The molecular formula is C25H50FN3. The van der Waals surface area contributed by atoms with Gasteiger partial charge in [0.1, 0.15) is 5.67 Å². The molecule has 29 heavy (non-hydrogen) atoms. The van der Waals surface area contributed by atoms with Crippen molar-refractivity contribution in [3.8, 4) is 0 Å². The maximum absolute atomic E-state index is 15.5. The maximum atomic E-state index is 15.5. The Bertz CT molecular complexity index is 513. The molecule has 2 rings (SSSR count). The van der Waals surface area contributed by atoms with Crippen molar-refractivity contribution < 1.29 is 4.39 Å². The Labute approximate surface area is 181 Å². The highest BCUT2D eigenvalue weighted by atomic mass is 19.1. The summed E-state index contributed by atoms with van der Waals surface area (Å²) in [4.78, 5) is 2.59. The summed E-state index contributed by atoms with van der Waals surface area (Å²) in [7, 11) is 0. The number of nitrogens with zero attached hydrogens (tertiary/aromatic N) is 1. The van der Waals surface area contributed by atoms with Crippen molar-refractivity contribution >= 4 is 0 Å². The third-order valence-electron chi connectivity index (χ3n) is 7.56. The normalized spacial score (nSPS) is 29.0. The van der Waals surface area contributed by atoms with E-state index in [-0.39, 0.29) is 10.8 Å². The van der Waals surface area contributed by atoms with Crippen LogP contribution in [0.3, 0.4) is 0 Å². The molecule has 2 aliphatic heterocycles. The van der Waals surface area contributed by atoms with E-state index in [2.05, 4.69) is 50.2 Å². The lowest BCUT2D eigenvalue weighted by molar-refractivity contribution is -0.0556. The van der Waals surface area contributed by atoms with Crippen molar-refractivity contribution in [3.05, 3.63) is 0 Å². The van der Waals surface area contributed by atoms with Gasteiger partial charge in [-0.1, -0.05) is 62.3 Å². The van der Waals surface area contributed by atoms with Crippen LogP contribution in [0.25, 0.3) is 0 Å². The molecule has 0 aromatic heterocycles. The quantitative estimate of drug-likeness (QED) is 0.517. The summed E-state index contributed by atoms with van der Waals surface area (Å²) in [6.07, 6.45) is 5.40. The summed E-state index contributed by atoms with van der Waals surface area (Å²) in [5, 5.41) is 7.50. The molecule has 4 unspecified atom stereocenters. The van der Waals surface area contributed by atoms with Crippen LogP contribution < -0.4 is 10.6 Å². The summed E-state index contributed by atoms with van der Waals surface area (Å²) in [6.45, 7) is 24.1. The van der Waals surface area contributed by atoms with Gasteiger partial charge < -0.3 is 10.6 Å². The summed E-state index contributed by atoms with van der Waals surface area (Å²) in [5.41, 5.74) is -0.829. The van der Waals surface area contributed by atoms with Gasteiger partial charge in [0.2, 0.25) is 0 Å². The molecule has 3 nitrogen and oxygen atoms in total. The third-order valence-corrected chi connectivity index (χ3v) is 7.56. The highest BCUT2D eigenvalue weighted by molar-refractivity contribution is 4.98. The van der Waals surface area contributed by atoms with E-state index in [1.807, 2.05) is 27.7 Å². The lowest BCUT2D eigenvalue weighted by atomic mass is 9.72. The molecule has 0 radical (unpaired) electrons. The van der Waals surface area contributed by atoms with E-state index >= 15 is 4.39 Å². The van der Waals surface area contributed by atoms with Crippen molar-refractivity contribution in [2.75, 3.05) is 26.2 Å². The molecule has 0 bridgehead atoms. The second kappa shape index (κ2) is 9.12. The van der Waals surface area contributed by atoms with Gasteiger partial charge in [-0.25, -0.2) is 4.39 Å². The zero-order valence-electron chi connectivity index (χ0n) is 20.9. The predicted octanol–water partition coefficient (Wildman–Crippen LogP) is 5.60. The van der Waals surface area contributed by atoms with Crippen LogP contribution in [-0.4, -0.2) is 49.0 Å². The van der Waals surface area contributed by atoms with Crippen LogP contribution in [-0.2, 0) is 0 Å². The molecule has 2 saturated heterocycles. The second-order valence-corrected chi connectivity index (χ2v) is 12.8. The van der Waals surface area contributed by atoms with E-state index in [0.29, 0.717) is 36.4 Å². The summed E-state index contributed by atoms with van der Waals surface area (Å²) >= 11 is 0. The van der Waals surface area contributed by atoms with Gasteiger partial charge in [0, 0.05) is 25.0 Å². The average molecular weight is 412 g/mol. The third kappa shape index (κ3) is 6.40. The van der Waals surface area contributed by atoms with E-state index in [0.717, 1.165) is 13.1 Å². The van der Waals surface area contributed by atoms with Gasteiger partial charge in [-0.05, 0) is 61.4 Å². The minimum absolute atomic E-state index is 0.284. The fourth-order valence-corrected chi connectivity index (χ4v) is 5.59. The van der Waals surface area contributed by atoms with E-state index < -0.39 is 5.67 Å².